The summed E-state index contributed by atoms with van der Waals surface area (Å²) in [6.07, 6.45) is 2.36. The fourth-order valence-corrected chi connectivity index (χ4v) is 9.01. The van der Waals surface area contributed by atoms with Crippen molar-refractivity contribution in [3.63, 3.8) is 0 Å². The summed E-state index contributed by atoms with van der Waals surface area (Å²) in [6, 6.07) is 20.4. The van der Waals surface area contributed by atoms with Gasteiger partial charge in [0.05, 0.1) is 0 Å². The number of Topliss-reactive ketones (excluding diaryl/α,β-unsaturated/α-hetero) is 2. The summed E-state index contributed by atoms with van der Waals surface area (Å²) >= 11 is 0. The van der Waals surface area contributed by atoms with Crippen LogP contribution in [0.1, 0.15) is 59.8 Å². The molecule has 0 aliphatic rings. The van der Waals surface area contributed by atoms with Crippen LogP contribution in [0.2, 0.25) is 5.04 Å². The quantitative estimate of drug-likeness (QED) is 0.136. The summed E-state index contributed by atoms with van der Waals surface area (Å²) in [5, 5.41) is 1.95. The summed E-state index contributed by atoms with van der Waals surface area (Å²) in [6.45, 7) is 12.5. The van der Waals surface area contributed by atoms with Crippen molar-refractivity contribution in [2.75, 3.05) is 0 Å². The number of rotatable bonds is 13. The molecule has 2 aromatic carbocycles. The molecule has 0 saturated heterocycles. The van der Waals surface area contributed by atoms with Crippen molar-refractivity contribution < 1.29 is 18.8 Å². The van der Waals surface area contributed by atoms with E-state index in [2.05, 4.69) is 56.4 Å². The van der Waals surface area contributed by atoms with E-state index in [1.807, 2.05) is 43.3 Å². The molecule has 0 aliphatic carbocycles. The van der Waals surface area contributed by atoms with Gasteiger partial charge in [0.1, 0.15) is 6.10 Å². The van der Waals surface area contributed by atoms with Crippen LogP contribution in [0.5, 0.6) is 0 Å². The number of carbonyl (C=O) groups excluding carboxylic acids is 2. The topological polar surface area (TPSA) is 79.8 Å². The molecule has 180 valence electrons. The van der Waals surface area contributed by atoms with Crippen LogP contribution >= 0.6 is 0 Å². The Morgan fingerprint density at radius 2 is 1.53 bits per heavy atom. The first-order chi connectivity index (χ1) is 16.1. The second-order valence-electron chi connectivity index (χ2n) is 9.80. The molecule has 2 aromatic rings. The molecule has 0 aromatic heterocycles. The van der Waals surface area contributed by atoms with Gasteiger partial charge in [0.2, 0.25) is 5.78 Å². The zero-order chi connectivity index (χ0) is 25.2. The predicted octanol–water partition coefficient (Wildman–Crippen LogP) is 4.90. The molecular formula is C28H36N2O3Si. The Balaban J connectivity index is 2.54. The minimum absolute atomic E-state index is 0.00993. The van der Waals surface area contributed by atoms with Crippen molar-refractivity contribution >= 4 is 36.5 Å². The largest absolute Gasteiger partial charge is 0.397 e. The van der Waals surface area contributed by atoms with Crippen molar-refractivity contribution in [2.45, 2.75) is 70.9 Å². The number of carbonyl (C=O) groups is 2. The van der Waals surface area contributed by atoms with Crippen LogP contribution in [0.25, 0.3) is 5.53 Å². The second kappa shape index (κ2) is 12.5. The normalized spacial score (nSPS) is 12.5. The van der Waals surface area contributed by atoms with E-state index < -0.39 is 14.4 Å². The Morgan fingerprint density at radius 1 is 1.00 bits per heavy atom. The van der Waals surface area contributed by atoms with Crippen LogP contribution in [0, 0.1) is 0 Å². The van der Waals surface area contributed by atoms with Gasteiger partial charge in [-0.05, 0) is 41.6 Å². The first-order valence-electron chi connectivity index (χ1n) is 11.8. The van der Waals surface area contributed by atoms with Gasteiger partial charge in [-0.25, -0.2) is 0 Å². The molecule has 2 rings (SSSR count). The minimum Gasteiger partial charge on any atom is -0.397 e. The van der Waals surface area contributed by atoms with Crippen LogP contribution in [-0.4, -0.2) is 37.0 Å². The Kier molecular flexibility index (Phi) is 10.1. The maximum absolute atomic E-state index is 13.4. The predicted molar refractivity (Wildman–Crippen MR) is 140 cm³/mol. The molecule has 34 heavy (non-hydrogen) atoms. The van der Waals surface area contributed by atoms with Gasteiger partial charge in [-0.15, -0.1) is 6.58 Å². The van der Waals surface area contributed by atoms with Gasteiger partial charge in [0.25, 0.3) is 8.32 Å². The van der Waals surface area contributed by atoms with Crippen LogP contribution in [-0.2, 0) is 14.0 Å². The standard InChI is InChI=1S/C28H36N2O3Si/c1-22(2)13-12-18-27(26(32)20-19-23(31)21-30-29)33-34(28(3,4)5,24-14-8-6-9-15-24)25-16-10-7-11-17-25/h6-11,14-17,21,27H,1,12-13,18-20H2,2-5H3/t27-/m0/s1. The highest BCUT2D eigenvalue weighted by molar-refractivity contribution is 6.99. The Bertz CT molecular complexity index is 983. The van der Waals surface area contributed by atoms with Gasteiger partial charge in [-0.3, -0.25) is 9.59 Å². The van der Waals surface area contributed by atoms with Crippen molar-refractivity contribution in [1.82, 2.24) is 0 Å². The second-order valence-corrected chi connectivity index (χ2v) is 14.0. The number of ketones is 2. The van der Waals surface area contributed by atoms with E-state index in [0.29, 0.717) is 6.42 Å². The molecule has 0 fully saturated rings. The SMILES string of the molecule is C=C(C)CCC[C@H](O[Si](c1ccccc1)(c1ccccc1)C(C)(C)C)C(=O)CCC(=O)C=[N+]=[N-]. The third kappa shape index (κ3) is 7.04. The van der Waals surface area contributed by atoms with E-state index in [-0.39, 0.29) is 29.4 Å². The molecule has 5 nitrogen and oxygen atoms in total. The zero-order valence-electron chi connectivity index (χ0n) is 20.8. The van der Waals surface area contributed by atoms with Gasteiger partial charge in [0, 0.05) is 12.8 Å². The summed E-state index contributed by atoms with van der Waals surface area (Å²) < 4.78 is 7.08. The first-order valence-corrected chi connectivity index (χ1v) is 13.7. The molecule has 0 amide bonds. The highest BCUT2D eigenvalue weighted by atomic mass is 28.4. The lowest BCUT2D eigenvalue weighted by atomic mass is 10.0. The van der Waals surface area contributed by atoms with Crippen LogP contribution in [0.3, 0.4) is 0 Å². The lowest BCUT2D eigenvalue weighted by Crippen LogP contribution is -2.68. The van der Waals surface area contributed by atoms with E-state index in [1.165, 1.54) is 0 Å². The van der Waals surface area contributed by atoms with Crippen molar-refractivity contribution in [2.24, 2.45) is 0 Å². The van der Waals surface area contributed by atoms with E-state index in [4.69, 9.17) is 9.96 Å². The van der Waals surface area contributed by atoms with Crippen molar-refractivity contribution in [3.05, 3.63) is 78.3 Å². The maximum atomic E-state index is 13.4. The highest BCUT2D eigenvalue weighted by Gasteiger charge is 2.52. The van der Waals surface area contributed by atoms with Gasteiger partial charge < -0.3 is 9.96 Å². The fraction of sp³-hybridized carbons (Fsp3) is 0.393. The molecule has 0 bridgehead atoms. The van der Waals surface area contributed by atoms with Crippen LogP contribution in [0.15, 0.2) is 72.8 Å². The number of hydrogen-bond acceptors (Lipinski definition) is 3. The Labute approximate surface area is 204 Å². The van der Waals surface area contributed by atoms with E-state index >= 15 is 0 Å². The molecular weight excluding hydrogens is 440 g/mol. The van der Waals surface area contributed by atoms with Crippen molar-refractivity contribution in [3.8, 4) is 0 Å². The van der Waals surface area contributed by atoms with E-state index in [9.17, 15) is 9.59 Å². The molecule has 6 heteroatoms. The molecule has 0 heterocycles. The summed E-state index contributed by atoms with van der Waals surface area (Å²) in [7, 11) is -2.92. The molecule has 0 radical (unpaired) electrons. The van der Waals surface area contributed by atoms with Crippen LogP contribution < -0.4 is 10.4 Å². The molecule has 0 N–H and O–H groups in total. The minimum atomic E-state index is -2.92. The number of hydrogen-bond donors (Lipinski definition) is 0. The van der Waals surface area contributed by atoms with Gasteiger partial charge >= 0.3 is 6.21 Å². The molecule has 0 spiro atoms. The summed E-state index contributed by atoms with van der Waals surface area (Å²) in [5.74, 6) is -0.489. The third-order valence-electron chi connectivity index (χ3n) is 5.98. The summed E-state index contributed by atoms with van der Waals surface area (Å²) in [5.41, 5.74) is 9.67. The smallest absolute Gasteiger partial charge is 0.323 e. The lowest BCUT2D eigenvalue weighted by molar-refractivity contribution is -0.128. The van der Waals surface area contributed by atoms with Gasteiger partial charge in [-0.1, -0.05) is 87.0 Å². The Hall–Kier alpha value is -2.92. The third-order valence-corrected chi connectivity index (χ3v) is 11.0. The average Bonchev–Trinajstić information content (AvgIpc) is 2.80. The van der Waals surface area contributed by atoms with Gasteiger partial charge in [-0.2, -0.15) is 4.79 Å². The monoisotopic (exact) mass is 476 g/mol. The summed E-state index contributed by atoms with van der Waals surface area (Å²) in [4.78, 5) is 28.0. The van der Waals surface area contributed by atoms with Crippen molar-refractivity contribution in [1.29, 1.82) is 0 Å². The molecule has 0 unspecified atom stereocenters. The number of nitrogens with zero attached hydrogens (tertiary/aromatic N) is 2. The molecule has 0 aliphatic heterocycles. The van der Waals surface area contributed by atoms with Gasteiger partial charge in [0.15, 0.2) is 5.78 Å². The highest BCUT2D eigenvalue weighted by Crippen LogP contribution is 2.38. The lowest BCUT2D eigenvalue weighted by Gasteiger charge is -2.45. The molecule has 1 atom stereocenters. The first kappa shape index (κ1) is 27.3. The fourth-order valence-electron chi connectivity index (χ4n) is 4.32. The molecule has 0 saturated carbocycles. The zero-order valence-corrected chi connectivity index (χ0v) is 21.8. The average molecular weight is 477 g/mol. The van der Waals surface area contributed by atoms with E-state index in [1.54, 1.807) is 0 Å². The number of benzene rings is 2. The Morgan fingerprint density at radius 3 is 1.97 bits per heavy atom. The number of allylic oxidation sites excluding steroid dienone is 1. The maximum Gasteiger partial charge on any atom is 0.323 e. The van der Waals surface area contributed by atoms with Crippen LogP contribution in [0.4, 0.5) is 0 Å². The van der Waals surface area contributed by atoms with E-state index in [0.717, 1.165) is 35.0 Å².